The fraction of sp³-hybridized carbons (Fsp3) is 0.500. The topological polar surface area (TPSA) is 87.7 Å². The van der Waals surface area contributed by atoms with Crippen LogP contribution in [0.15, 0.2) is 21.1 Å². The Labute approximate surface area is 124 Å². The Kier molecular flexibility index (Phi) is 4.46. The molecule has 0 atom stereocenters. The highest BCUT2D eigenvalue weighted by atomic mass is 79.9. The van der Waals surface area contributed by atoms with Crippen LogP contribution in [0.25, 0.3) is 0 Å². The maximum Gasteiger partial charge on any atom is 0.263 e. The van der Waals surface area contributed by atoms with E-state index in [1.165, 1.54) is 11.3 Å². The number of hydrogen-bond donors (Lipinski definition) is 3. The van der Waals surface area contributed by atoms with Crippen LogP contribution in [0.3, 0.4) is 0 Å². The van der Waals surface area contributed by atoms with E-state index in [0.717, 1.165) is 23.7 Å². The lowest BCUT2D eigenvalue weighted by Crippen LogP contribution is -2.58. The molecule has 0 aromatic carbocycles. The van der Waals surface area contributed by atoms with Crippen molar-refractivity contribution in [3.05, 3.63) is 20.8 Å². The Bertz CT molecular complexity index is 495. The van der Waals surface area contributed by atoms with Gasteiger partial charge < -0.3 is 16.3 Å². The van der Waals surface area contributed by atoms with Crippen LogP contribution in [0, 0.1) is 0 Å². The fourth-order valence-corrected chi connectivity index (χ4v) is 3.87. The molecule has 1 saturated carbocycles. The summed E-state index contributed by atoms with van der Waals surface area (Å²) in [5.74, 6) is -0.0939. The second-order valence-corrected chi connectivity index (χ2v) is 6.45. The minimum atomic E-state index is -0.715. The second kappa shape index (κ2) is 5.92. The molecule has 5 nitrogen and oxygen atoms in total. The number of halogens is 1. The lowest BCUT2D eigenvalue weighted by atomic mass is 9.80. The first-order valence-electron chi connectivity index (χ1n) is 6.12. The molecular weight excluding hydrogens is 330 g/mol. The van der Waals surface area contributed by atoms with Crippen LogP contribution in [0.4, 0.5) is 0 Å². The average molecular weight is 346 g/mol. The van der Waals surface area contributed by atoms with Crippen molar-refractivity contribution in [3.8, 4) is 0 Å². The van der Waals surface area contributed by atoms with Crippen molar-refractivity contribution in [2.75, 3.05) is 0 Å². The summed E-state index contributed by atoms with van der Waals surface area (Å²) in [6.45, 7) is 0. The number of hydrogen-bond acceptors (Lipinski definition) is 4. The minimum Gasteiger partial charge on any atom is -0.409 e. The van der Waals surface area contributed by atoms with Gasteiger partial charge in [0.2, 0.25) is 0 Å². The standard InChI is InChI=1S/C12H16BrN3O2S/c13-8-4-7-19-9(8)10(17)15-12(11(14)16-18)5-2-1-3-6-12/h4,7,18H,1-3,5-6H2,(H2,14,16)(H,15,17). The first kappa shape index (κ1) is 14.3. The molecular formula is C12H16BrN3O2S. The molecule has 0 saturated heterocycles. The van der Waals surface area contributed by atoms with Crippen LogP contribution in [0.5, 0.6) is 0 Å². The third-order valence-electron chi connectivity index (χ3n) is 3.48. The predicted octanol–water partition coefficient (Wildman–Crippen LogP) is 2.69. The zero-order chi connectivity index (χ0) is 13.9. The number of nitrogens with two attached hydrogens (primary N) is 1. The molecule has 1 aliphatic carbocycles. The molecule has 1 fully saturated rings. The maximum absolute atomic E-state index is 12.3. The highest BCUT2D eigenvalue weighted by molar-refractivity contribution is 9.10. The number of carbonyl (C=O) groups excluding carboxylic acids is 1. The summed E-state index contributed by atoms with van der Waals surface area (Å²) >= 11 is 4.70. The Morgan fingerprint density at radius 1 is 1.47 bits per heavy atom. The highest BCUT2D eigenvalue weighted by Crippen LogP contribution is 2.30. The molecule has 1 aromatic heterocycles. The quantitative estimate of drug-likeness (QED) is 0.340. The van der Waals surface area contributed by atoms with Gasteiger partial charge in [-0.15, -0.1) is 11.3 Å². The van der Waals surface area contributed by atoms with E-state index in [1.54, 1.807) is 0 Å². The summed E-state index contributed by atoms with van der Waals surface area (Å²) < 4.78 is 0.764. The number of thiophene rings is 1. The normalized spacial score (nSPS) is 19.1. The summed E-state index contributed by atoms with van der Waals surface area (Å²) in [4.78, 5) is 12.9. The van der Waals surface area contributed by atoms with Crippen molar-refractivity contribution in [2.45, 2.75) is 37.6 Å². The molecule has 7 heteroatoms. The van der Waals surface area contributed by atoms with Crippen molar-refractivity contribution < 1.29 is 10.0 Å². The smallest absolute Gasteiger partial charge is 0.263 e. The van der Waals surface area contributed by atoms with Gasteiger partial charge in [0.1, 0.15) is 10.4 Å². The molecule has 0 aliphatic heterocycles. The van der Waals surface area contributed by atoms with Gasteiger partial charge in [0.15, 0.2) is 5.84 Å². The molecule has 104 valence electrons. The van der Waals surface area contributed by atoms with Gasteiger partial charge in [0, 0.05) is 4.47 Å². The van der Waals surface area contributed by atoms with Gasteiger partial charge in [0.05, 0.1) is 0 Å². The van der Waals surface area contributed by atoms with E-state index in [-0.39, 0.29) is 11.7 Å². The number of nitrogens with one attached hydrogen (secondary N) is 1. The van der Waals surface area contributed by atoms with Crippen LogP contribution in [-0.2, 0) is 0 Å². The van der Waals surface area contributed by atoms with Gasteiger partial charge in [-0.05, 0) is 40.2 Å². The molecule has 2 rings (SSSR count). The van der Waals surface area contributed by atoms with Gasteiger partial charge in [-0.1, -0.05) is 24.4 Å². The van der Waals surface area contributed by atoms with E-state index in [0.29, 0.717) is 17.7 Å². The zero-order valence-corrected chi connectivity index (χ0v) is 12.8. The number of amides is 1. The molecule has 1 amide bonds. The monoisotopic (exact) mass is 345 g/mol. The van der Waals surface area contributed by atoms with Crippen LogP contribution >= 0.6 is 27.3 Å². The third kappa shape index (κ3) is 2.92. The largest absolute Gasteiger partial charge is 0.409 e. The first-order chi connectivity index (χ1) is 9.09. The molecule has 19 heavy (non-hydrogen) atoms. The number of rotatable bonds is 3. The van der Waals surface area contributed by atoms with Crippen LogP contribution in [0.2, 0.25) is 0 Å². The zero-order valence-electron chi connectivity index (χ0n) is 10.4. The molecule has 1 aromatic rings. The van der Waals surface area contributed by atoms with Crippen molar-refractivity contribution in [3.63, 3.8) is 0 Å². The van der Waals surface area contributed by atoms with Gasteiger partial charge in [-0.3, -0.25) is 4.79 Å². The SMILES string of the molecule is N/C(=N/O)C1(NC(=O)c2sccc2Br)CCCCC1. The van der Waals surface area contributed by atoms with Crippen molar-refractivity contribution >= 4 is 39.0 Å². The number of oxime groups is 1. The van der Waals surface area contributed by atoms with E-state index in [2.05, 4.69) is 26.4 Å². The highest BCUT2D eigenvalue weighted by Gasteiger charge is 2.38. The average Bonchev–Trinajstić information content (AvgIpc) is 2.85. The molecule has 0 spiro atoms. The summed E-state index contributed by atoms with van der Waals surface area (Å²) in [7, 11) is 0. The van der Waals surface area contributed by atoms with Gasteiger partial charge in [-0.25, -0.2) is 0 Å². The van der Waals surface area contributed by atoms with E-state index in [9.17, 15) is 4.79 Å². The van der Waals surface area contributed by atoms with Crippen molar-refractivity contribution in [2.24, 2.45) is 10.9 Å². The summed E-state index contributed by atoms with van der Waals surface area (Å²) in [5.41, 5.74) is 5.08. The molecule has 1 heterocycles. The van der Waals surface area contributed by atoms with Gasteiger partial charge >= 0.3 is 0 Å². The van der Waals surface area contributed by atoms with Crippen molar-refractivity contribution in [1.82, 2.24) is 5.32 Å². The van der Waals surface area contributed by atoms with Crippen LogP contribution < -0.4 is 11.1 Å². The minimum absolute atomic E-state index is 0.0910. The molecule has 0 bridgehead atoms. The second-order valence-electron chi connectivity index (χ2n) is 4.68. The molecule has 4 N–H and O–H groups in total. The maximum atomic E-state index is 12.3. The van der Waals surface area contributed by atoms with Gasteiger partial charge in [-0.2, -0.15) is 0 Å². The van der Waals surface area contributed by atoms with Crippen LogP contribution in [0.1, 0.15) is 41.8 Å². The third-order valence-corrected chi connectivity index (χ3v) is 5.32. The van der Waals surface area contributed by atoms with E-state index in [4.69, 9.17) is 10.9 Å². The Morgan fingerprint density at radius 3 is 2.68 bits per heavy atom. The van der Waals surface area contributed by atoms with E-state index in [1.807, 2.05) is 11.4 Å². The summed E-state index contributed by atoms with van der Waals surface area (Å²) in [6.07, 6.45) is 4.44. The number of carbonyl (C=O) groups is 1. The van der Waals surface area contributed by atoms with E-state index < -0.39 is 5.54 Å². The predicted molar refractivity (Wildman–Crippen MR) is 78.7 cm³/mol. The Morgan fingerprint density at radius 2 is 2.16 bits per heavy atom. The number of amidine groups is 1. The first-order valence-corrected chi connectivity index (χ1v) is 7.80. The molecule has 1 aliphatic rings. The van der Waals surface area contributed by atoms with E-state index >= 15 is 0 Å². The Hall–Kier alpha value is -1.08. The summed E-state index contributed by atoms with van der Waals surface area (Å²) in [5, 5.41) is 16.9. The summed E-state index contributed by atoms with van der Waals surface area (Å²) in [6, 6.07) is 1.83. The molecule has 0 unspecified atom stereocenters. The lowest BCUT2D eigenvalue weighted by Gasteiger charge is -2.36. The van der Waals surface area contributed by atoms with Crippen molar-refractivity contribution in [1.29, 1.82) is 0 Å². The fourth-order valence-electron chi connectivity index (χ4n) is 2.43. The van der Waals surface area contributed by atoms with Crippen LogP contribution in [-0.4, -0.2) is 22.5 Å². The Balaban J connectivity index is 2.21. The lowest BCUT2D eigenvalue weighted by molar-refractivity contribution is 0.0909. The van der Waals surface area contributed by atoms with Gasteiger partial charge in [0.25, 0.3) is 5.91 Å². The molecule has 0 radical (unpaired) electrons. The number of nitrogens with zero attached hydrogens (tertiary/aromatic N) is 1.